The van der Waals surface area contributed by atoms with E-state index in [1.165, 1.54) is 24.3 Å². The number of sulfone groups is 1. The van der Waals surface area contributed by atoms with Crippen molar-refractivity contribution in [1.82, 2.24) is 9.13 Å². The molecule has 0 bridgehead atoms. The highest BCUT2D eigenvalue weighted by Gasteiger charge is 2.25. The van der Waals surface area contributed by atoms with Crippen molar-refractivity contribution in [3.63, 3.8) is 0 Å². The Labute approximate surface area is 240 Å². The third-order valence-electron chi connectivity index (χ3n) is 7.82. The lowest BCUT2D eigenvalue weighted by Crippen LogP contribution is -2.02. The quantitative estimate of drug-likeness (QED) is 0.216. The first-order valence-corrected chi connectivity index (χ1v) is 14.9. The number of nitriles is 1. The molecule has 8 rings (SSSR count). The van der Waals surface area contributed by atoms with Crippen molar-refractivity contribution in [3.8, 4) is 17.4 Å². The third-order valence-corrected chi connectivity index (χ3v) is 9.60. The summed E-state index contributed by atoms with van der Waals surface area (Å²) < 4.78 is 37.6. The lowest BCUT2D eigenvalue weighted by molar-refractivity contribution is 0.596. The molecule has 0 amide bonds. The molecule has 3 aromatic heterocycles. The van der Waals surface area contributed by atoms with Gasteiger partial charge in [0.1, 0.15) is 0 Å². The number of aromatic nitrogens is 2. The number of rotatable bonds is 4. The summed E-state index contributed by atoms with van der Waals surface area (Å²) in [7, 11) is -3.75. The van der Waals surface area contributed by atoms with Crippen molar-refractivity contribution in [2.24, 2.45) is 0 Å². The molecule has 3 heterocycles. The Morgan fingerprint density at radius 3 is 1.52 bits per heavy atom. The fraction of sp³-hybridized carbons (Fsp3) is 0. The van der Waals surface area contributed by atoms with Gasteiger partial charge in [0.15, 0.2) is 0 Å². The van der Waals surface area contributed by atoms with E-state index >= 15 is 0 Å². The summed E-state index contributed by atoms with van der Waals surface area (Å²) in [5.74, 6) is 0. The number of hydrogen-bond acceptors (Lipinski definition) is 4. The van der Waals surface area contributed by atoms with Crippen LogP contribution < -0.4 is 0 Å². The Morgan fingerprint density at radius 1 is 0.548 bits per heavy atom. The monoisotopic (exact) mass is 563 g/mol. The zero-order chi connectivity index (χ0) is 28.4. The largest absolute Gasteiger partial charge is 0.422 e. The minimum absolute atomic E-state index is 0.144. The van der Waals surface area contributed by atoms with Crippen LogP contribution in [0.5, 0.6) is 0 Å². The van der Waals surface area contributed by atoms with E-state index in [0.29, 0.717) is 11.3 Å². The number of hydrogen-bond donors (Lipinski definition) is 0. The van der Waals surface area contributed by atoms with Gasteiger partial charge in [-0.15, -0.1) is 0 Å². The maximum absolute atomic E-state index is 13.3. The Balaban J connectivity index is 1.36. The lowest BCUT2D eigenvalue weighted by Gasteiger charge is -2.09. The van der Waals surface area contributed by atoms with E-state index in [1.807, 2.05) is 53.1 Å². The fourth-order valence-electron chi connectivity index (χ4n) is 5.91. The molecule has 0 fully saturated rings. The summed E-state index contributed by atoms with van der Waals surface area (Å²) in [6, 6.07) is 41.5. The van der Waals surface area contributed by atoms with Crippen LogP contribution in [0, 0.1) is 11.3 Å². The fourth-order valence-corrected chi connectivity index (χ4v) is 7.17. The second kappa shape index (κ2) is 8.96. The summed E-state index contributed by atoms with van der Waals surface area (Å²) in [4.78, 5) is 0.319. The van der Waals surface area contributed by atoms with E-state index < -0.39 is 9.84 Å². The van der Waals surface area contributed by atoms with Gasteiger partial charge in [-0.25, -0.2) is 8.42 Å². The summed E-state index contributed by atoms with van der Waals surface area (Å²) >= 11 is 0. The molecule has 0 atom stereocenters. The van der Waals surface area contributed by atoms with Gasteiger partial charge in [0.2, 0.25) is 21.3 Å². The van der Waals surface area contributed by atoms with Crippen LogP contribution in [0.3, 0.4) is 0 Å². The second-order valence-electron chi connectivity index (χ2n) is 10.1. The molecule has 0 aliphatic heterocycles. The summed E-state index contributed by atoms with van der Waals surface area (Å²) in [6.07, 6.45) is 0. The van der Waals surface area contributed by atoms with Crippen LogP contribution in [0.1, 0.15) is 5.56 Å². The van der Waals surface area contributed by atoms with Crippen LogP contribution in [0.2, 0.25) is 0 Å². The molecule has 0 aliphatic carbocycles. The zero-order valence-electron chi connectivity index (χ0n) is 22.1. The SMILES string of the molecule is N#Cc1ccc(S(=O)(=O)c2ccc(-n3c4ccccc4c4c5c6ccccc6n(-c6ccccc6)c5oc43)cc2)cc1. The molecule has 6 nitrogen and oxygen atoms in total. The molecule has 0 unspecified atom stereocenters. The predicted molar refractivity (Wildman–Crippen MR) is 164 cm³/mol. The number of para-hydroxylation sites is 3. The van der Waals surface area contributed by atoms with Crippen LogP contribution in [0.25, 0.3) is 55.4 Å². The van der Waals surface area contributed by atoms with Crippen molar-refractivity contribution < 1.29 is 12.8 Å². The van der Waals surface area contributed by atoms with E-state index in [2.05, 4.69) is 41.0 Å². The van der Waals surface area contributed by atoms with Crippen LogP contribution in [-0.4, -0.2) is 17.6 Å². The molecule has 0 spiro atoms. The smallest absolute Gasteiger partial charge is 0.215 e. The molecule has 8 aromatic rings. The van der Waals surface area contributed by atoms with E-state index in [1.54, 1.807) is 24.3 Å². The molecule has 42 heavy (non-hydrogen) atoms. The van der Waals surface area contributed by atoms with Gasteiger partial charge in [-0.05, 0) is 72.8 Å². The maximum Gasteiger partial charge on any atom is 0.215 e. The number of furan rings is 1. The second-order valence-corrected chi connectivity index (χ2v) is 12.1. The molecule has 0 aliphatic rings. The van der Waals surface area contributed by atoms with Gasteiger partial charge in [-0.1, -0.05) is 54.6 Å². The van der Waals surface area contributed by atoms with Gasteiger partial charge in [0, 0.05) is 22.1 Å². The van der Waals surface area contributed by atoms with E-state index in [0.717, 1.165) is 49.7 Å². The molecule has 0 N–H and O–H groups in total. The molecule has 0 radical (unpaired) electrons. The number of nitrogens with zero attached hydrogens (tertiary/aromatic N) is 3. The van der Waals surface area contributed by atoms with Gasteiger partial charge in [0.05, 0.1) is 43.2 Å². The van der Waals surface area contributed by atoms with Crippen molar-refractivity contribution in [2.45, 2.75) is 9.79 Å². The minimum atomic E-state index is -3.75. The van der Waals surface area contributed by atoms with Gasteiger partial charge in [-0.2, -0.15) is 5.26 Å². The number of fused-ring (bicyclic) bond motifs is 7. The van der Waals surface area contributed by atoms with E-state index in [-0.39, 0.29) is 9.79 Å². The van der Waals surface area contributed by atoms with Crippen molar-refractivity contribution in [2.75, 3.05) is 0 Å². The lowest BCUT2D eigenvalue weighted by atomic mass is 10.1. The van der Waals surface area contributed by atoms with Gasteiger partial charge < -0.3 is 4.42 Å². The first-order valence-electron chi connectivity index (χ1n) is 13.4. The molecule has 0 saturated carbocycles. The van der Waals surface area contributed by atoms with Crippen molar-refractivity contribution >= 4 is 53.8 Å². The summed E-state index contributed by atoms with van der Waals surface area (Å²) in [6.45, 7) is 0. The molecular weight excluding hydrogens is 542 g/mol. The van der Waals surface area contributed by atoms with Crippen LogP contribution in [-0.2, 0) is 9.84 Å². The first-order chi connectivity index (χ1) is 20.6. The first kappa shape index (κ1) is 24.2. The Kier molecular flexibility index (Phi) is 5.17. The van der Waals surface area contributed by atoms with Crippen LogP contribution in [0.4, 0.5) is 0 Å². The van der Waals surface area contributed by atoms with Crippen LogP contribution in [0.15, 0.2) is 142 Å². The van der Waals surface area contributed by atoms with Gasteiger partial charge in [0.25, 0.3) is 0 Å². The molecule has 5 aromatic carbocycles. The molecular formula is C35H21N3O3S. The van der Waals surface area contributed by atoms with Crippen LogP contribution >= 0.6 is 0 Å². The van der Waals surface area contributed by atoms with E-state index in [4.69, 9.17) is 9.68 Å². The Hall–Kier alpha value is -5.58. The molecule has 0 saturated heterocycles. The predicted octanol–water partition coefficient (Wildman–Crippen LogP) is 8.18. The average molecular weight is 564 g/mol. The third kappa shape index (κ3) is 3.39. The van der Waals surface area contributed by atoms with E-state index in [9.17, 15) is 8.42 Å². The van der Waals surface area contributed by atoms with Gasteiger partial charge in [-0.3, -0.25) is 9.13 Å². The maximum atomic E-state index is 13.3. The standard InChI is InChI=1S/C35H21N3O3S/c36-22-23-14-18-26(19-15-23)42(39,40)27-20-16-25(17-21-27)38-31-13-7-5-11-29(31)33-32-28-10-4-6-12-30(28)37(34(32)41-35(33)38)24-8-2-1-3-9-24/h1-21H. The van der Waals surface area contributed by atoms with Crippen molar-refractivity contribution in [1.29, 1.82) is 5.26 Å². The number of benzene rings is 5. The zero-order valence-corrected chi connectivity index (χ0v) is 22.9. The highest BCUT2D eigenvalue weighted by Crippen LogP contribution is 2.44. The highest BCUT2D eigenvalue weighted by molar-refractivity contribution is 7.91. The molecule has 7 heteroatoms. The van der Waals surface area contributed by atoms with Gasteiger partial charge >= 0.3 is 0 Å². The topological polar surface area (TPSA) is 80.9 Å². The Bertz CT molecular complexity index is 2460. The average Bonchev–Trinajstić information content (AvgIpc) is 3.67. The summed E-state index contributed by atoms with van der Waals surface area (Å²) in [5, 5.41) is 13.3. The summed E-state index contributed by atoms with van der Waals surface area (Å²) in [5.41, 5.74) is 5.68. The van der Waals surface area contributed by atoms with Crippen molar-refractivity contribution in [3.05, 3.63) is 133 Å². The normalized spacial score (nSPS) is 12.0. The highest BCUT2D eigenvalue weighted by atomic mass is 32.2. The Morgan fingerprint density at radius 2 is 1.00 bits per heavy atom. The minimum Gasteiger partial charge on any atom is -0.422 e. The molecule has 200 valence electrons.